The van der Waals surface area contributed by atoms with Crippen molar-refractivity contribution in [2.24, 2.45) is 17.3 Å². The molecule has 5 amide bonds. The number of halogens is 5. The Morgan fingerprint density at radius 3 is 2.39 bits per heavy atom. The number of aromatic nitrogens is 3. The highest BCUT2D eigenvalue weighted by Gasteiger charge is 2.47. The van der Waals surface area contributed by atoms with E-state index in [2.05, 4.69) is 35.7 Å². The summed E-state index contributed by atoms with van der Waals surface area (Å²) in [7, 11) is 0. The van der Waals surface area contributed by atoms with E-state index in [0.29, 0.717) is 40.4 Å². The van der Waals surface area contributed by atoms with Gasteiger partial charge in [0.1, 0.15) is 17.4 Å². The van der Waals surface area contributed by atoms with Crippen LogP contribution in [-0.2, 0) is 15.8 Å². The van der Waals surface area contributed by atoms with Crippen molar-refractivity contribution >= 4 is 51.8 Å². The summed E-state index contributed by atoms with van der Waals surface area (Å²) >= 11 is 0. The molecule has 9 rings (SSSR count). The zero-order valence-electron chi connectivity index (χ0n) is 34.8. The first-order chi connectivity index (χ1) is 30.6. The number of rotatable bonds is 12. The summed E-state index contributed by atoms with van der Waals surface area (Å²) in [5.41, 5.74) is -0.0995. The van der Waals surface area contributed by atoms with E-state index in [-0.39, 0.29) is 41.4 Å². The SMILES string of the molecule is O=C1CCC(N2C(=O)c3cccc(NCCC4CC5(CCN(CC6CCC(n7cc8cc(NC(=O)c9cccc(C(F)(F)F)n9)c(OC(F)F)cc8n7)CC6)CC5)C4)c3C2=O)C(=O)N1. The second kappa shape index (κ2) is 17.2. The van der Waals surface area contributed by atoms with Crippen molar-refractivity contribution in [2.75, 3.05) is 36.8 Å². The van der Waals surface area contributed by atoms with Gasteiger partial charge in [-0.15, -0.1) is 0 Å². The number of likely N-dealkylation sites (tertiary alicyclic amines) is 1. The van der Waals surface area contributed by atoms with Crippen LogP contribution in [0.2, 0.25) is 0 Å². The third kappa shape index (κ3) is 8.77. The number of nitrogens with one attached hydrogen (secondary N) is 3. The lowest BCUT2D eigenvalue weighted by Crippen LogP contribution is -2.54. The zero-order valence-corrected chi connectivity index (χ0v) is 34.8. The maximum absolute atomic E-state index is 13.4. The average Bonchev–Trinajstić information content (AvgIpc) is 3.78. The van der Waals surface area contributed by atoms with Crippen molar-refractivity contribution in [1.82, 2.24) is 29.9 Å². The number of ether oxygens (including phenoxy) is 1. The first kappa shape index (κ1) is 43.3. The molecule has 2 saturated carbocycles. The topological polar surface area (TPSA) is 168 Å². The fourth-order valence-electron chi connectivity index (χ4n) is 10.5. The normalized spacial score (nSPS) is 22.8. The fourth-order valence-corrected chi connectivity index (χ4v) is 10.5. The maximum Gasteiger partial charge on any atom is 0.433 e. The molecule has 0 radical (unpaired) electrons. The number of alkyl halides is 5. The number of fused-ring (bicyclic) bond motifs is 2. The molecule has 4 aromatic rings. The van der Waals surface area contributed by atoms with Gasteiger partial charge in [0.25, 0.3) is 17.7 Å². The molecule has 2 aromatic heterocycles. The Morgan fingerprint density at radius 2 is 1.67 bits per heavy atom. The van der Waals surface area contributed by atoms with Gasteiger partial charge in [-0.3, -0.25) is 38.9 Å². The first-order valence-corrected chi connectivity index (χ1v) is 21.8. The van der Waals surface area contributed by atoms with Crippen molar-refractivity contribution < 1.29 is 50.7 Å². The van der Waals surface area contributed by atoms with E-state index in [1.807, 2.05) is 4.68 Å². The number of carbonyl (C=O) groups excluding carboxylic acids is 5. The van der Waals surface area contributed by atoms with E-state index in [0.717, 1.165) is 101 Å². The number of amides is 5. The minimum atomic E-state index is -4.77. The van der Waals surface area contributed by atoms with Crippen LogP contribution in [0.25, 0.3) is 10.9 Å². The fraction of sp³-hybridized carbons (Fsp3) is 0.489. The maximum atomic E-state index is 13.4. The van der Waals surface area contributed by atoms with Crippen LogP contribution in [0, 0.1) is 17.3 Å². The van der Waals surface area contributed by atoms with Gasteiger partial charge in [-0.05, 0) is 125 Å². The van der Waals surface area contributed by atoms with Gasteiger partial charge in [0.15, 0.2) is 5.75 Å². The van der Waals surface area contributed by atoms with Crippen molar-refractivity contribution in [3.8, 4) is 5.75 Å². The van der Waals surface area contributed by atoms with Gasteiger partial charge in [0.2, 0.25) is 11.8 Å². The predicted molar refractivity (Wildman–Crippen MR) is 222 cm³/mol. The second-order valence-corrected chi connectivity index (χ2v) is 17.9. The summed E-state index contributed by atoms with van der Waals surface area (Å²) < 4.78 is 72.8. The molecule has 0 bridgehead atoms. The third-order valence-electron chi connectivity index (χ3n) is 13.8. The number of carbonyl (C=O) groups is 5. The molecule has 5 heterocycles. The minimum Gasteiger partial charge on any atom is -0.433 e. The van der Waals surface area contributed by atoms with Gasteiger partial charge < -0.3 is 20.3 Å². The first-order valence-electron chi connectivity index (χ1n) is 21.8. The van der Waals surface area contributed by atoms with Crippen LogP contribution < -0.4 is 20.7 Å². The molecule has 5 aliphatic rings. The Kier molecular flexibility index (Phi) is 11.6. The molecule has 14 nitrogen and oxygen atoms in total. The number of pyridine rings is 1. The average molecular weight is 891 g/mol. The number of anilines is 2. The third-order valence-corrected chi connectivity index (χ3v) is 13.8. The van der Waals surface area contributed by atoms with E-state index in [1.54, 1.807) is 24.4 Å². The van der Waals surface area contributed by atoms with E-state index in [4.69, 9.17) is 0 Å². The summed E-state index contributed by atoms with van der Waals surface area (Å²) in [6.07, 6.45) is 6.52. The van der Waals surface area contributed by atoms with Crippen LogP contribution in [0.15, 0.2) is 54.7 Å². The van der Waals surface area contributed by atoms with Gasteiger partial charge >= 0.3 is 12.8 Å². The molecular weight excluding hydrogens is 844 g/mol. The molecule has 64 heavy (non-hydrogen) atoms. The van der Waals surface area contributed by atoms with Gasteiger partial charge in [0, 0.05) is 42.8 Å². The Hall–Kier alpha value is -5.98. The highest BCUT2D eigenvalue weighted by molar-refractivity contribution is 6.25. The molecule has 4 fully saturated rings. The van der Waals surface area contributed by atoms with Crippen LogP contribution in [0.3, 0.4) is 0 Å². The number of benzene rings is 2. The molecule has 2 aromatic carbocycles. The van der Waals surface area contributed by atoms with Gasteiger partial charge in [0.05, 0.1) is 28.4 Å². The Morgan fingerprint density at radius 1 is 0.922 bits per heavy atom. The molecule has 3 N–H and O–H groups in total. The number of piperidine rings is 2. The van der Waals surface area contributed by atoms with Crippen LogP contribution in [0.5, 0.6) is 5.75 Å². The number of hydrogen-bond acceptors (Lipinski definition) is 10. The molecule has 338 valence electrons. The Labute approximate surface area is 364 Å². The molecule has 2 aliphatic carbocycles. The second-order valence-electron chi connectivity index (χ2n) is 17.9. The van der Waals surface area contributed by atoms with Gasteiger partial charge in [-0.25, -0.2) is 4.98 Å². The minimum absolute atomic E-state index is 0.0669. The van der Waals surface area contributed by atoms with E-state index < -0.39 is 59.8 Å². The van der Waals surface area contributed by atoms with Gasteiger partial charge in [-0.2, -0.15) is 27.1 Å². The smallest absolute Gasteiger partial charge is 0.433 e. The Balaban J connectivity index is 0.727. The van der Waals surface area contributed by atoms with E-state index in [9.17, 15) is 45.9 Å². The molecule has 1 atom stereocenters. The van der Waals surface area contributed by atoms with Crippen LogP contribution in [0.4, 0.5) is 33.3 Å². The molecule has 2 saturated heterocycles. The summed E-state index contributed by atoms with van der Waals surface area (Å²) in [6.45, 7) is 0.559. The highest BCUT2D eigenvalue weighted by atomic mass is 19.4. The Bertz CT molecular complexity index is 2490. The van der Waals surface area contributed by atoms with E-state index >= 15 is 0 Å². The molecule has 1 unspecified atom stereocenters. The molecule has 1 spiro atoms. The van der Waals surface area contributed by atoms with Crippen molar-refractivity contribution in [1.29, 1.82) is 0 Å². The van der Waals surface area contributed by atoms with Crippen molar-refractivity contribution in [3.05, 3.63) is 77.2 Å². The van der Waals surface area contributed by atoms with Crippen LogP contribution in [0.1, 0.15) is 114 Å². The number of hydrogen-bond donors (Lipinski definition) is 3. The largest absolute Gasteiger partial charge is 0.433 e. The zero-order chi connectivity index (χ0) is 44.9. The summed E-state index contributed by atoms with van der Waals surface area (Å²) in [5, 5.41) is 13.2. The van der Waals surface area contributed by atoms with Crippen LogP contribution in [-0.4, -0.2) is 92.9 Å². The summed E-state index contributed by atoms with van der Waals surface area (Å²) in [5.74, 6) is -2.37. The highest BCUT2D eigenvalue weighted by Crippen LogP contribution is 2.54. The summed E-state index contributed by atoms with van der Waals surface area (Å²) in [4.78, 5) is 70.6. The van der Waals surface area contributed by atoms with Crippen LogP contribution >= 0.6 is 0 Å². The van der Waals surface area contributed by atoms with Crippen molar-refractivity contribution in [3.63, 3.8) is 0 Å². The van der Waals surface area contributed by atoms with Crippen molar-refractivity contribution in [2.45, 2.75) is 95.5 Å². The summed E-state index contributed by atoms with van der Waals surface area (Å²) in [6, 6.07) is 9.75. The lowest BCUT2D eigenvalue weighted by atomic mass is 9.57. The quantitative estimate of drug-likeness (QED) is 0.0962. The van der Waals surface area contributed by atoms with E-state index in [1.165, 1.54) is 12.1 Å². The molecule has 19 heteroatoms. The lowest BCUT2D eigenvalue weighted by Gasteiger charge is -2.53. The molecular formula is C45H47F5N8O6. The number of nitrogens with zero attached hydrogens (tertiary/aromatic N) is 5. The standard InChI is InChI=1S/C45H47F5N8O6/c46-43(47)64-35-20-32-27(19-33(35)53-39(60)31-5-2-6-36(52-31)45(48,49)50)24-57(55-32)28-9-7-25(8-10-28)23-56-17-14-44(15-18-56)21-26(22-44)13-16-51-30-4-1-3-29-38(30)42(63)58(41(29)62)34-11-12-37(59)54-40(34)61/h1-6,19-20,24-26,28,34,43,51H,7-18,21-23H2,(H,53,60)(H,54,59,61). The monoisotopic (exact) mass is 890 g/mol. The predicted octanol–water partition coefficient (Wildman–Crippen LogP) is 7.43. The lowest BCUT2D eigenvalue weighted by molar-refractivity contribution is -0.141. The number of imide groups is 2. The van der Waals surface area contributed by atoms with Gasteiger partial charge in [-0.1, -0.05) is 12.1 Å². The molecule has 3 aliphatic heterocycles.